The Morgan fingerprint density at radius 1 is 1.17 bits per heavy atom. The Balaban J connectivity index is 2.80. The lowest BCUT2D eigenvalue weighted by atomic mass is 10.2. The minimum atomic E-state index is -1.17. The molecule has 0 aliphatic carbocycles. The van der Waals surface area contributed by atoms with Gasteiger partial charge in [0.05, 0.1) is 19.3 Å². The highest BCUT2D eigenvalue weighted by atomic mass is 16.5. The molecule has 3 N–H and O–H groups in total. The fourth-order valence-electron chi connectivity index (χ4n) is 1.68. The summed E-state index contributed by atoms with van der Waals surface area (Å²) in [5.41, 5.74) is 5.02. The molecule has 1 atom stereocenters. The van der Waals surface area contributed by atoms with Crippen molar-refractivity contribution >= 4 is 17.9 Å². The van der Waals surface area contributed by atoms with Gasteiger partial charge in [-0.05, 0) is 31.0 Å². The lowest BCUT2D eigenvalue weighted by Crippen LogP contribution is -2.42. The van der Waals surface area contributed by atoms with Gasteiger partial charge in [0.2, 0.25) is 0 Å². The lowest BCUT2D eigenvalue weighted by molar-refractivity contribution is -0.127. The molecule has 0 aromatic heterocycles. The molecule has 1 unspecified atom stereocenters. The quantitative estimate of drug-likeness (QED) is 0.727. The van der Waals surface area contributed by atoms with Crippen LogP contribution in [0.3, 0.4) is 0 Å². The number of rotatable bonds is 7. The summed E-state index contributed by atoms with van der Waals surface area (Å²) >= 11 is 0. The largest absolute Gasteiger partial charge is 0.493 e. The number of benzene rings is 1. The zero-order valence-corrected chi connectivity index (χ0v) is 14.1. The highest BCUT2D eigenvalue weighted by Crippen LogP contribution is 2.28. The number of methoxy groups -OCH3 is 1. The maximum absolute atomic E-state index is 12.1. The maximum atomic E-state index is 12.1. The van der Waals surface area contributed by atoms with Gasteiger partial charge < -0.3 is 19.9 Å². The number of carbonyl (C=O) groups excluding carboxylic acids is 3. The number of nitrogens with one attached hydrogen (secondary N) is 1. The molecule has 8 heteroatoms. The third kappa shape index (κ3) is 5.79. The number of hydrogen-bond acceptors (Lipinski definition) is 6. The normalized spacial score (nSPS) is 11.5. The number of ether oxygens (including phenoxy) is 3. The van der Waals surface area contributed by atoms with Gasteiger partial charge in [0, 0.05) is 0 Å². The second kappa shape index (κ2) is 8.76. The fraction of sp³-hybridized carbons (Fsp3) is 0.438. The lowest BCUT2D eigenvalue weighted by Gasteiger charge is -2.15. The molecule has 0 saturated carbocycles. The van der Waals surface area contributed by atoms with Crippen LogP contribution in [0.2, 0.25) is 0 Å². The SMILES string of the molecule is COc1cc(C(=O)OC(C)C(=O)NC(N)=O)ccc1OCC(C)C. The zero-order valence-electron chi connectivity index (χ0n) is 14.1. The van der Waals surface area contributed by atoms with Crippen LogP contribution in [0.5, 0.6) is 11.5 Å². The molecule has 8 nitrogen and oxygen atoms in total. The van der Waals surface area contributed by atoms with Gasteiger partial charge in [0.1, 0.15) is 0 Å². The highest BCUT2D eigenvalue weighted by Gasteiger charge is 2.21. The molecular weight excluding hydrogens is 316 g/mol. The van der Waals surface area contributed by atoms with Gasteiger partial charge in [0.25, 0.3) is 5.91 Å². The highest BCUT2D eigenvalue weighted by molar-refractivity contribution is 5.98. The average molecular weight is 338 g/mol. The molecule has 0 spiro atoms. The topological polar surface area (TPSA) is 117 Å². The Bertz CT molecular complexity index is 615. The van der Waals surface area contributed by atoms with Crippen molar-refractivity contribution in [3.8, 4) is 11.5 Å². The summed E-state index contributed by atoms with van der Waals surface area (Å²) in [6.45, 7) is 5.85. The van der Waals surface area contributed by atoms with Crippen LogP contribution in [-0.2, 0) is 9.53 Å². The number of esters is 1. The molecule has 1 rings (SSSR count). The Morgan fingerprint density at radius 3 is 2.38 bits per heavy atom. The summed E-state index contributed by atoms with van der Waals surface area (Å²) in [5, 5.41) is 1.84. The van der Waals surface area contributed by atoms with Crippen molar-refractivity contribution in [1.29, 1.82) is 0 Å². The summed E-state index contributed by atoms with van der Waals surface area (Å²) in [4.78, 5) is 34.2. The summed E-state index contributed by atoms with van der Waals surface area (Å²) in [6, 6.07) is 3.53. The monoisotopic (exact) mass is 338 g/mol. The molecule has 0 fully saturated rings. The van der Waals surface area contributed by atoms with E-state index in [0.717, 1.165) is 0 Å². The summed E-state index contributed by atoms with van der Waals surface area (Å²) in [6.07, 6.45) is -1.17. The fourth-order valence-corrected chi connectivity index (χ4v) is 1.68. The molecule has 0 aliphatic heterocycles. The first kappa shape index (κ1) is 19.3. The second-order valence-electron chi connectivity index (χ2n) is 5.47. The summed E-state index contributed by atoms with van der Waals surface area (Å²) in [7, 11) is 1.45. The van der Waals surface area contributed by atoms with Gasteiger partial charge in [-0.3, -0.25) is 10.1 Å². The van der Waals surface area contributed by atoms with Gasteiger partial charge in [-0.1, -0.05) is 13.8 Å². The molecule has 0 bridgehead atoms. The number of amides is 3. The molecular formula is C16H22N2O6. The van der Waals surface area contributed by atoms with Crippen molar-refractivity contribution in [2.45, 2.75) is 26.9 Å². The van der Waals surface area contributed by atoms with E-state index >= 15 is 0 Å². The van der Waals surface area contributed by atoms with Crippen molar-refractivity contribution in [1.82, 2.24) is 5.32 Å². The molecule has 1 aromatic rings. The first-order chi connectivity index (χ1) is 11.2. The Morgan fingerprint density at radius 2 is 1.83 bits per heavy atom. The zero-order chi connectivity index (χ0) is 18.3. The molecule has 0 heterocycles. The van der Waals surface area contributed by atoms with Crippen LogP contribution in [0.1, 0.15) is 31.1 Å². The third-order valence-electron chi connectivity index (χ3n) is 2.87. The Labute approximate surface area is 140 Å². The van der Waals surface area contributed by atoms with Crippen molar-refractivity contribution in [3.63, 3.8) is 0 Å². The number of nitrogens with two attached hydrogens (primary N) is 1. The maximum Gasteiger partial charge on any atom is 0.339 e. The van der Waals surface area contributed by atoms with E-state index < -0.39 is 24.0 Å². The average Bonchev–Trinajstić information content (AvgIpc) is 2.51. The van der Waals surface area contributed by atoms with Crippen molar-refractivity contribution in [2.24, 2.45) is 11.7 Å². The van der Waals surface area contributed by atoms with E-state index in [1.807, 2.05) is 19.2 Å². The molecule has 0 aliphatic rings. The number of imide groups is 1. The van der Waals surface area contributed by atoms with Gasteiger partial charge in [-0.2, -0.15) is 0 Å². The van der Waals surface area contributed by atoms with Crippen molar-refractivity contribution in [2.75, 3.05) is 13.7 Å². The summed E-state index contributed by atoms with van der Waals surface area (Å²) < 4.78 is 15.8. The van der Waals surface area contributed by atoms with Gasteiger partial charge in [0.15, 0.2) is 17.6 Å². The molecule has 3 amide bonds. The number of carbonyl (C=O) groups is 3. The van der Waals surface area contributed by atoms with Crippen LogP contribution in [0.15, 0.2) is 18.2 Å². The van der Waals surface area contributed by atoms with Gasteiger partial charge in [-0.25, -0.2) is 9.59 Å². The van der Waals surface area contributed by atoms with E-state index in [9.17, 15) is 14.4 Å². The number of hydrogen-bond donors (Lipinski definition) is 2. The van der Waals surface area contributed by atoms with Crippen LogP contribution < -0.4 is 20.5 Å². The van der Waals surface area contributed by atoms with Crippen LogP contribution in [0.25, 0.3) is 0 Å². The van der Waals surface area contributed by atoms with Crippen LogP contribution in [-0.4, -0.2) is 37.7 Å². The number of urea groups is 1. The molecule has 132 valence electrons. The van der Waals surface area contributed by atoms with E-state index in [1.54, 1.807) is 6.07 Å². The minimum absolute atomic E-state index is 0.183. The minimum Gasteiger partial charge on any atom is -0.493 e. The van der Waals surface area contributed by atoms with E-state index in [0.29, 0.717) is 24.0 Å². The van der Waals surface area contributed by atoms with Gasteiger partial charge >= 0.3 is 12.0 Å². The van der Waals surface area contributed by atoms with E-state index in [1.165, 1.54) is 26.2 Å². The summed E-state index contributed by atoms with van der Waals surface area (Å²) in [5.74, 6) is -0.332. The smallest absolute Gasteiger partial charge is 0.339 e. The first-order valence-electron chi connectivity index (χ1n) is 7.36. The van der Waals surface area contributed by atoms with Crippen molar-refractivity contribution < 1.29 is 28.6 Å². The Kier molecular flexibility index (Phi) is 7.03. The number of primary amides is 1. The van der Waals surface area contributed by atoms with Crippen molar-refractivity contribution in [3.05, 3.63) is 23.8 Å². The first-order valence-corrected chi connectivity index (χ1v) is 7.36. The van der Waals surface area contributed by atoms with Crippen LogP contribution in [0.4, 0.5) is 4.79 Å². The predicted molar refractivity (Wildman–Crippen MR) is 85.9 cm³/mol. The standard InChI is InChI=1S/C16H22N2O6/c1-9(2)8-23-12-6-5-11(7-13(12)22-4)15(20)24-10(3)14(19)18-16(17)21/h5-7,9-10H,8H2,1-4H3,(H3,17,18,19,21). The molecule has 0 saturated heterocycles. The predicted octanol–water partition coefficient (Wildman–Crippen LogP) is 1.47. The van der Waals surface area contributed by atoms with E-state index in [-0.39, 0.29) is 5.56 Å². The van der Waals surface area contributed by atoms with E-state index in [2.05, 4.69) is 0 Å². The van der Waals surface area contributed by atoms with Crippen LogP contribution >= 0.6 is 0 Å². The molecule has 0 radical (unpaired) electrons. The Hall–Kier alpha value is -2.77. The van der Waals surface area contributed by atoms with E-state index in [4.69, 9.17) is 19.9 Å². The third-order valence-corrected chi connectivity index (χ3v) is 2.87. The van der Waals surface area contributed by atoms with Gasteiger partial charge in [-0.15, -0.1) is 0 Å². The van der Waals surface area contributed by atoms with Crippen LogP contribution in [0, 0.1) is 5.92 Å². The molecule has 1 aromatic carbocycles. The molecule has 24 heavy (non-hydrogen) atoms. The second-order valence-corrected chi connectivity index (χ2v) is 5.47.